The van der Waals surface area contributed by atoms with Crippen LogP contribution in [0.4, 0.5) is 11.4 Å². The Morgan fingerprint density at radius 2 is 1.62 bits per heavy atom. The van der Waals surface area contributed by atoms with Crippen LogP contribution in [0.2, 0.25) is 15.1 Å². The quantitative estimate of drug-likeness (QED) is 0.628. The molecule has 0 aliphatic heterocycles. The fourth-order valence-electron chi connectivity index (χ4n) is 1.71. The second-order valence-corrected chi connectivity index (χ2v) is 7.25. The number of nitrogens with one attached hydrogen (secondary N) is 1. The molecule has 2 aromatic rings. The van der Waals surface area contributed by atoms with E-state index in [0.717, 1.165) is 0 Å². The third-order valence-corrected chi connectivity index (χ3v) is 5.30. The lowest BCUT2D eigenvalue weighted by Gasteiger charge is -2.13. The zero-order valence-electron chi connectivity index (χ0n) is 10.8. The number of halogens is 3. The predicted octanol–water partition coefficient (Wildman–Crippen LogP) is 4.34. The minimum Gasteiger partial charge on any atom is -0.399 e. The van der Waals surface area contributed by atoms with Gasteiger partial charge in [-0.05, 0) is 36.8 Å². The molecule has 2 rings (SSSR count). The summed E-state index contributed by atoms with van der Waals surface area (Å²) in [4.78, 5) is 0.0737. The molecule has 0 saturated carbocycles. The van der Waals surface area contributed by atoms with E-state index >= 15 is 0 Å². The maximum absolute atomic E-state index is 12.4. The summed E-state index contributed by atoms with van der Waals surface area (Å²) in [5.74, 6) is 0. The van der Waals surface area contributed by atoms with Crippen molar-refractivity contribution in [2.24, 2.45) is 0 Å². The first-order valence-electron chi connectivity index (χ1n) is 5.74. The fraction of sp³-hybridized carbons (Fsp3) is 0.0769. The summed E-state index contributed by atoms with van der Waals surface area (Å²) < 4.78 is 27.2. The summed E-state index contributed by atoms with van der Waals surface area (Å²) in [5, 5.41) is 0.586. The molecule has 4 nitrogen and oxygen atoms in total. The van der Waals surface area contributed by atoms with Gasteiger partial charge in [0.15, 0.2) is 0 Å². The summed E-state index contributed by atoms with van der Waals surface area (Å²) in [6, 6.07) is 7.35. The molecule has 0 aliphatic rings. The van der Waals surface area contributed by atoms with Gasteiger partial charge in [0, 0.05) is 5.69 Å². The van der Waals surface area contributed by atoms with Crippen LogP contribution in [0.3, 0.4) is 0 Å². The van der Waals surface area contributed by atoms with Crippen molar-refractivity contribution >= 4 is 56.2 Å². The van der Waals surface area contributed by atoms with Gasteiger partial charge in [-0.15, -0.1) is 0 Å². The van der Waals surface area contributed by atoms with E-state index < -0.39 is 10.0 Å². The van der Waals surface area contributed by atoms with Crippen molar-refractivity contribution in [1.29, 1.82) is 0 Å². The Bertz CT molecular complexity index is 807. The van der Waals surface area contributed by atoms with Gasteiger partial charge in [-0.25, -0.2) is 8.42 Å². The minimum atomic E-state index is -3.83. The topological polar surface area (TPSA) is 72.2 Å². The Morgan fingerprint density at radius 1 is 1.00 bits per heavy atom. The van der Waals surface area contributed by atoms with Gasteiger partial charge in [0.2, 0.25) is 0 Å². The summed E-state index contributed by atoms with van der Waals surface area (Å²) in [6.45, 7) is 1.67. The largest absolute Gasteiger partial charge is 0.399 e. The first-order valence-corrected chi connectivity index (χ1v) is 8.36. The SMILES string of the molecule is Cc1ccc(N)cc1S(=O)(=O)Nc1cc(Cl)c(Cl)cc1Cl. The van der Waals surface area contributed by atoms with Crippen LogP contribution < -0.4 is 10.5 Å². The molecule has 2 aromatic carbocycles. The van der Waals surface area contributed by atoms with Gasteiger partial charge in [-0.3, -0.25) is 4.72 Å². The summed E-state index contributed by atoms with van der Waals surface area (Å²) in [5.41, 5.74) is 6.69. The first-order chi connectivity index (χ1) is 9.70. The van der Waals surface area contributed by atoms with E-state index in [-0.39, 0.29) is 25.7 Å². The molecular weight excluding hydrogens is 355 g/mol. The molecule has 3 N–H and O–H groups in total. The Balaban J connectivity index is 2.47. The maximum Gasteiger partial charge on any atom is 0.262 e. The Morgan fingerprint density at radius 3 is 2.29 bits per heavy atom. The number of sulfonamides is 1. The van der Waals surface area contributed by atoms with E-state index in [9.17, 15) is 8.42 Å². The maximum atomic E-state index is 12.4. The summed E-state index contributed by atoms with van der Waals surface area (Å²) in [6.07, 6.45) is 0. The first kappa shape index (κ1) is 16.2. The van der Waals surface area contributed by atoms with Gasteiger partial charge in [0.25, 0.3) is 10.0 Å². The minimum absolute atomic E-state index is 0.0737. The van der Waals surface area contributed by atoms with Crippen LogP contribution >= 0.6 is 34.8 Å². The van der Waals surface area contributed by atoms with Crippen molar-refractivity contribution in [3.63, 3.8) is 0 Å². The fourth-order valence-corrected chi connectivity index (χ4v) is 3.71. The van der Waals surface area contributed by atoms with E-state index in [1.165, 1.54) is 18.2 Å². The molecule has 0 atom stereocenters. The molecule has 0 bridgehead atoms. The predicted molar refractivity (Wildman–Crippen MR) is 87.9 cm³/mol. The smallest absolute Gasteiger partial charge is 0.262 e. The number of rotatable bonds is 3. The van der Waals surface area contributed by atoms with Gasteiger partial charge in [0.1, 0.15) is 0 Å². The Hall–Kier alpha value is -1.14. The van der Waals surface area contributed by atoms with Crippen molar-refractivity contribution in [3.8, 4) is 0 Å². The molecular formula is C13H11Cl3N2O2S. The van der Waals surface area contributed by atoms with Crippen LogP contribution in [0.15, 0.2) is 35.2 Å². The Labute approximate surface area is 137 Å². The summed E-state index contributed by atoms with van der Waals surface area (Å²) in [7, 11) is -3.83. The molecule has 0 amide bonds. The molecule has 0 heterocycles. The molecule has 0 fully saturated rings. The molecule has 0 radical (unpaired) electrons. The molecule has 21 heavy (non-hydrogen) atoms. The van der Waals surface area contributed by atoms with Gasteiger partial charge in [-0.2, -0.15) is 0 Å². The molecule has 8 heteroatoms. The van der Waals surface area contributed by atoms with Gasteiger partial charge in [-0.1, -0.05) is 40.9 Å². The van der Waals surface area contributed by atoms with Crippen LogP contribution in [0.25, 0.3) is 0 Å². The monoisotopic (exact) mass is 364 g/mol. The Kier molecular flexibility index (Phi) is 4.58. The highest BCUT2D eigenvalue weighted by Gasteiger charge is 2.19. The lowest BCUT2D eigenvalue weighted by molar-refractivity contribution is 0.600. The second-order valence-electron chi connectivity index (χ2n) is 4.38. The average molecular weight is 366 g/mol. The van der Waals surface area contributed by atoms with Gasteiger partial charge >= 0.3 is 0 Å². The van der Waals surface area contributed by atoms with Crippen LogP contribution in [0, 0.1) is 6.92 Å². The van der Waals surface area contributed by atoms with Crippen LogP contribution in [0.1, 0.15) is 5.56 Å². The summed E-state index contributed by atoms with van der Waals surface area (Å²) >= 11 is 17.7. The van der Waals surface area contributed by atoms with Crippen molar-refractivity contribution in [2.75, 3.05) is 10.5 Å². The number of anilines is 2. The van der Waals surface area contributed by atoms with E-state index in [2.05, 4.69) is 4.72 Å². The van der Waals surface area contributed by atoms with Crippen molar-refractivity contribution in [1.82, 2.24) is 0 Å². The lowest BCUT2D eigenvalue weighted by Crippen LogP contribution is -2.15. The number of hydrogen-bond donors (Lipinski definition) is 2. The molecule has 0 saturated heterocycles. The normalized spacial score (nSPS) is 11.4. The molecule has 0 spiro atoms. The van der Waals surface area contributed by atoms with E-state index in [0.29, 0.717) is 11.3 Å². The van der Waals surface area contributed by atoms with E-state index in [1.807, 2.05) is 0 Å². The van der Waals surface area contributed by atoms with Crippen molar-refractivity contribution in [2.45, 2.75) is 11.8 Å². The molecule has 0 aromatic heterocycles. The van der Waals surface area contributed by atoms with Gasteiger partial charge in [0.05, 0.1) is 25.7 Å². The van der Waals surface area contributed by atoms with Gasteiger partial charge < -0.3 is 5.73 Å². The number of benzene rings is 2. The third-order valence-electron chi connectivity index (χ3n) is 2.76. The highest BCUT2D eigenvalue weighted by atomic mass is 35.5. The lowest BCUT2D eigenvalue weighted by atomic mass is 10.2. The second kappa shape index (κ2) is 5.93. The van der Waals surface area contributed by atoms with E-state index in [4.69, 9.17) is 40.5 Å². The highest BCUT2D eigenvalue weighted by molar-refractivity contribution is 7.92. The number of nitrogen functional groups attached to an aromatic ring is 1. The molecule has 112 valence electrons. The standard InChI is InChI=1S/C13H11Cl3N2O2S/c1-7-2-3-8(17)4-13(7)21(19,20)18-12-6-10(15)9(14)5-11(12)16/h2-6,18H,17H2,1H3. The molecule has 0 unspecified atom stereocenters. The van der Waals surface area contributed by atoms with Crippen molar-refractivity contribution < 1.29 is 8.42 Å². The van der Waals surface area contributed by atoms with Crippen LogP contribution in [0.5, 0.6) is 0 Å². The van der Waals surface area contributed by atoms with Crippen LogP contribution in [-0.2, 0) is 10.0 Å². The van der Waals surface area contributed by atoms with Crippen LogP contribution in [-0.4, -0.2) is 8.42 Å². The highest BCUT2D eigenvalue weighted by Crippen LogP contribution is 2.33. The van der Waals surface area contributed by atoms with Crippen molar-refractivity contribution in [3.05, 3.63) is 51.0 Å². The zero-order valence-corrected chi connectivity index (χ0v) is 13.9. The third kappa shape index (κ3) is 3.55. The number of nitrogens with two attached hydrogens (primary N) is 1. The van der Waals surface area contributed by atoms with E-state index in [1.54, 1.807) is 19.1 Å². The number of hydrogen-bond acceptors (Lipinski definition) is 3. The average Bonchev–Trinajstić information content (AvgIpc) is 2.38. The number of aryl methyl sites for hydroxylation is 1. The molecule has 0 aliphatic carbocycles. The zero-order chi connectivity index (χ0) is 15.8.